The molecule has 2 N–H and O–H groups in total. The van der Waals surface area contributed by atoms with Crippen LogP contribution in [0.3, 0.4) is 0 Å². The molecule has 1 aromatic carbocycles. The number of anilines is 1. The maximum Gasteiger partial charge on any atom is 0.341 e. The van der Waals surface area contributed by atoms with Crippen molar-refractivity contribution in [3.05, 3.63) is 53.5 Å². The lowest BCUT2D eigenvalue weighted by Gasteiger charge is -2.07. The van der Waals surface area contributed by atoms with Gasteiger partial charge in [0.25, 0.3) is 0 Å². The molecule has 5 heteroatoms. The minimum atomic E-state index is -1.04. The molecule has 1 aromatic heterocycles. The SMILES string of the molecule is Cc1ccc(CNc2ncncc2C(=O)O)cc1. The molecule has 0 amide bonds. The Morgan fingerprint density at radius 2 is 2.06 bits per heavy atom. The third kappa shape index (κ3) is 2.82. The summed E-state index contributed by atoms with van der Waals surface area (Å²) >= 11 is 0. The van der Waals surface area contributed by atoms with Crippen LogP contribution in [0.1, 0.15) is 21.5 Å². The summed E-state index contributed by atoms with van der Waals surface area (Å²) < 4.78 is 0. The van der Waals surface area contributed by atoms with Gasteiger partial charge in [-0.05, 0) is 12.5 Å². The Hall–Kier alpha value is -2.43. The molecule has 0 saturated carbocycles. The van der Waals surface area contributed by atoms with Gasteiger partial charge in [0.2, 0.25) is 0 Å². The fourth-order valence-corrected chi connectivity index (χ4v) is 1.52. The summed E-state index contributed by atoms with van der Waals surface area (Å²) in [5.74, 6) is -0.708. The third-order valence-corrected chi connectivity index (χ3v) is 2.52. The highest BCUT2D eigenvalue weighted by molar-refractivity contribution is 5.92. The van der Waals surface area contributed by atoms with E-state index in [0.29, 0.717) is 12.4 Å². The van der Waals surface area contributed by atoms with Gasteiger partial charge in [-0.3, -0.25) is 0 Å². The molecular weight excluding hydrogens is 230 g/mol. The lowest BCUT2D eigenvalue weighted by molar-refractivity contribution is 0.0697. The summed E-state index contributed by atoms with van der Waals surface area (Å²) in [5.41, 5.74) is 2.33. The third-order valence-electron chi connectivity index (χ3n) is 2.52. The van der Waals surface area contributed by atoms with Gasteiger partial charge in [-0.1, -0.05) is 29.8 Å². The van der Waals surface area contributed by atoms with Gasteiger partial charge in [0.1, 0.15) is 17.7 Å². The van der Waals surface area contributed by atoms with E-state index in [1.165, 1.54) is 18.1 Å². The van der Waals surface area contributed by atoms with Crippen LogP contribution in [0.2, 0.25) is 0 Å². The van der Waals surface area contributed by atoms with Crippen molar-refractivity contribution in [3.8, 4) is 0 Å². The molecule has 0 bridgehead atoms. The average Bonchev–Trinajstić information content (AvgIpc) is 2.38. The van der Waals surface area contributed by atoms with Crippen LogP contribution >= 0.6 is 0 Å². The van der Waals surface area contributed by atoms with Gasteiger partial charge in [0.05, 0.1) is 0 Å². The van der Waals surface area contributed by atoms with Crippen molar-refractivity contribution < 1.29 is 9.90 Å². The molecule has 0 aliphatic carbocycles. The Morgan fingerprint density at radius 3 is 2.72 bits per heavy atom. The molecule has 18 heavy (non-hydrogen) atoms. The second-order valence-electron chi connectivity index (χ2n) is 3.93. The Balaban J connectivity index is 2.10. The monoisotopic (exact) mass is 243 g/mol. The quantitative estimate of drug-likeness (QED) is 0.860. The van der Waals surface area contributed by atoms with Gasteiger partial charge < -0.3 is 10.4 Å². The zero-order chi connectivity index (χ0) is 13.0. The number of carboxylic acid groups (broad SMARTS) is 1. The van der Waals surface area contributed by atoms with Crippen LogP contribution in [-0.2, 0) is 6.54 Å². The zero-order valence-corrected chi connectivity index (χ0v) is 9.92. The van der Waals surface area contributed by atoms with Crippen LogP contribution in [-0.4, -0.2) is 21.0 Å². The van der Waals surface area contributed by atoms with E-state index in [1.807, 2.05) is 31.2 Å². The van der Waals surface area contributed by atoms with Gasteiger partial charge in [0, 0.05) is 12.7 Å². The van der Waals surface area contributed by atoms with Crippen molar-refractivity contribution >= 4 is 11.8 Å². The van der Waals surface area contributed by atoms with E-state index in [0.717, 1.165) is 5.56 Å². The minimum Gasteiger partial charge on any atom is -0.477 e. The number of hydrogen-bond donors (Lipinski definition) is 2. The zero-order valence-electron chi connectivity index (χ0n) is 9.92. The van der Waals surface area contributed by atoms with Crippen LogP contribution < -0.4 is 5.32 Å². The highest BCUT2D eigenvalue weighted by Gasteiger charge is 2.10. The second-order valence-corrected chi connectivity index (χ2v) is 3.93. The summed E-state index contributed by atoms with van der Waals surface area (Å²) in [7, 11) is 0. The summed E-state index contributed by atoms with van der Waals surface area (Å²) in [4.78, 5) is 18.6. The van der Waals surface area contributed by atoms with Gasteiger partial charge in [-0.2, -0.15) is 0 Å². The standard InChI is InChI=1S/C13H13N3O2/c1-9-2-4-10(5-3-9)6-15-12-11(13(17)18)7-14-8-16-12/h2-5,7-8H,6H2,1H3,(H,17,18)(H,14,15,16). The molecule has 0 atom stereocenters. The van der Waals surface area contributed by atoms with Crippen molar-refractivity contribution in [2.45, 2.75) is 13.5 Å². The number of benzene rings is 1. The Bertz CT molecular complexity index is 552. The predicted octanol–water partition coefficient (Wildman–Crippen LogP) is 2.10. The van der Waals surface area contributed by atoms with Crippen molar-refractivity contribution in [2.24, 2.45) is 0 Å². The summed E-state index contributed by atoms with van der Waals surface area (Å²) in [6, 6.07) is 8.00. The molecule has 0 spiro atoms. The average molecular weight is 243 g/mol. The second kappa shape index (κ2) is 5.27. The molecule has 0 unspecified atom stereocenters. The molecule has 0 radical (unpaired) electrons. The topological polar surface area (TPSA) is 75.1 Å². The van der Waals surface area contributed by atoms with Crippen LogP contribution in [0.4, 0.5) is 5.82 Å². The van der Waals surface area contributed by atoms with E-state index in [2.05, 4.69) is 15.3 Å². The number of nitrogens with one attached hydrogen (secondary N) is 1. The van der Waals surface area contributed by atoms with Crippen LogP contribution in [0.5, 0.6) is 0 Å². The number of aromatic carboxylic acids is 1. The lowest BCUT2D eigenvalue weighted by atomic mass is 10.1. The number of hydrogen-bond acceptors (Lipinski definition) is 4. The Morgan fingerprint density at radius 1 is 1.33 bits per heavy atom. The fraction of sp³-hybridized carbons (Fsp3) is 0.154. The smallest absolute Gasteiger partial charge is 0.341 e. The van der Waals surface area contributed by atoms with Gasteiger partial charge in [-0.15, -0.1) is 0 Å². The lowest BCUT2D eigenvalue weighted by Crippen LogP contribution is -2.08. The maximum atomic E-state index is 11.0. The summed E-state index contributed by atoms with van der Waals surface area (Å²) in [5, 5.41) is 12.0. The molecular formula is C13H13N3O2. The molecule has 1 heterocycles. The first kappa shape index (κ1) is 12.0. The number of aryl methyl sites for hydroxylation is 1. The van der Waals surface area contributed by atoms with Crippen molar-refractivity contribution in [3.63, 3.8) is 0 Å². The largest absolute Gasteiger partial charge is 0.477 e. The normalized spacial score (nSPS) is 10.1. The number of carboxylic acids is 1. The molecule has 2 aromatic rings. The van der Waals surface area contributed by atoms with Crippen molar-refractivity contribution in [1.82, 2.24) is 9.97 Å². The van der Waals surface area contributed by atoms with Crippen LogP contribution in [0.15, 0.2) is 36.8 Å². The molecule has 92 valence electrons. The highest BCUT2D eigenvalue weighted by Crippen LogP contribution is 2.12. The number of nitrogens with zero attached hydrogens (tertiary/aromatic N) is 2. The molecule has 0 saturated heterocycles. The fourth-order valence-electron chi connectivity index (χ4n) is 1.52. The number of carbonyl (C=O) groups is 1. The minimum absolute atomic E-state index is 0.0737. The molecule has 0 aliphatic heterocycles. The molecule has 0 aliphatic rings. The first-order valence-electron chi connectivity index (χ1n) is 5.49. The van der Waals surface area contributed by atoms with E-state index < -0.39 is 5.97 Å². The highest BCUT2D eigenvalue weighted by atomic mass is 16.4. The molecule has 2 rings (SSSR count). The summed E-state index contributed by atoms with van der Waals surface area (Å²) in [6.07, 6.45) is 2.61. The molecule has 0 fully saturated rings. The first-order valence-corrected chi connectivity index (χ1v) is 5.49. The van der Waals surface area contributed by atoms with Gasteiger partial charge in [-0.25, -0.2) is 14.8 Å². The van der Waals surface area contributed by atoms with E-state index in [1.54, 1.807) is 0 Å². The predicted molar refractivity (Wildman–Crippen MR) is 67.5 cm³/mol. The summed E-state index contributed by atoms with van der Waals surface area (Å²) in [6.45, 7) is 2.54. The van der Waals surface area contributed by atoms with E-state index >= 15 is 0 Å². The number of aromatic nitrogens is 2. The van der Waals surface area contributed by atoms with E-state index in [-0.39, 0.29) is 5.56 Å². The van der Waals surface area contributed by atoms with Gasteiger partial charge >= 0.3 is 5.97 Å². The maximum absolute atomic E-state index is 11.0. The molecule has 5 nitrogen and oxygen atoms in total. The van der Waals surface area contributed by atoms with Crippen LogP contribution in [0.25, 0.3) is 0 Å². The van der Waals surface area contributed by atoms with Crippen LogP contribution in [0, 0.1) is 6.92 Å². The Kier molecular flexibility index (Phi) is 3.52. The first-order chi connectivity index (χ1) is 8.66. The number of rotatable bonds is 4. The van der Waals surface area contributed by atoms with Gasteiger partial charge in [0.15, 0.2) is 0 Å². The van der Waals surface area contributed by atoms with Crippen molar-refractivity contribution in [1.29, 1.82) is 0 Å². The van der Waals surface area contributed by atoms with E-state index in [9.17, 15) is 4.79 Å². The van der Waals surface area contributed by atoms with E-state index in [4.69, 9.17) is 5.11 Å². The van der Waals surface area contributed by atoms with Crippen molar-refractivity contribution in [2.75, 3.05) is 5.32 Å². The Labute approximate surface area is 105 Å².